The van der Waals surface area contributed by atoms with Gasteiger partial charge in [0, 0.05) is 36.8 Å². The van der Waals surface area contributed by atoms with Crippen molar-refractivity contribution in [3.63, 3.8) is 0 Å². The Labute approximate surface area is 266 Å². The maximum Gasteiger partial charge on any atom is 0.253 e. The zero-order valence-corrected chi connectivity index (χ0v) is 26.3. The first kappa shape index (κ1) is 31.4. The SMILES string of the molecule is C=CCN(C(=O)[C@H]1[C@H]2C(=O)N(CCCCCO)C(C(=O)N(CC=C)c3ccccc3Cl)C23CC(Br)[C@@H]1O3)c1ccccc1. The molecule has 3 saturated heterocycles. The number of aliphatic hydroxyl groups excluding tert-OH is 1. The molecule has 0 saturated carbocycles. The van der Waals surface area contributed by atoms with Crippen LogP contribution >= 0.6 is 27.5 Å². The zero-order chi connectivity index (χ0) is 30.7. The fraction of sp³-hybridized carbons (Fsp3) is 0.424. The average molecular weight is 671 g/mol. The lowest BCUT2D eigenvalue weighted by Crippen LogP contribution is -2.57. The van der Waals surface area contributed by atoms with Crippen molar-refractivity contribution in [3.8, 4) is 0 Å². The van der Waals surface area contributed by atoms with Gasteiger partial charge in [0.15, 0.2) is 0 Å². The molecule has 3 fully saturated rings. The van der Waals surface area contributed by atoms with E-state index in [4.69, 9.17) is 16.3 Å². The van der Waals surface area contributed by atoms with Crippen molar-refractivity contribution >= 4 is 56.6 Å². The standard InChI is InChI=1S/C33H37BrClN3O5/c1-3-17-36(22-13-7-5-8-14-22)30(40)26-27-31(41)38(19-11-6-12-20-39)29(33(27)21-23(34)28(26)43-33)32(42)37(18-4-2)25-16-10-9-15-24(25)35/h3-5,7-10,13-16,23,26-29,39H,1-2,6,11-12,17-21H2/t23?,26-,27-,28-,29?,33?/m0/s1. The van der Waals surface area contributed by atoms with Gasteiger partial charge in [0.1, 0.15) is 11.6 Å². The molecule has 5 rings (SSSR count). The number of halogens is 2. The summed E-state index contributed by atoms with van der Waals surface area (Å²) in [6.45, 7) is 8.50. The van der Waals surface area contributed by atoms with Crippen LogP contribution in [0.1, 0.15) is 25.7 Å². The predicted octanol–water partition coefficient (Wildman–Crippen LogP) is 4.99. The van der Waals surface area contributed by atoms with Crippen molar-refractivity contribution in [1.29, 1.82) is 0 Å². The summed E-state index contributed by atoms with van der Waals surface area (Å²) in [4.78, 5) is 48.1. The zero-order valence-electron chi connectivity index (χ0n) is 24.0. The molecule has 1 N–H and O–H groups in total. The van der Waals surface area contributed by atoms with Gasteiger partial charge in [-0.1, -0.05) is 70.0 Å². The van der Waals surface area contributed by atoms with Crippen LogP contribution in [0.3, 0.4) is 0 Å². The van der Waals surface area contributed by atoms with E-state index in [1.165, 1.54) is 0 Å². The number of hydrogen-bond acceptors (Lipinski definition) is 5. The molecular weight excluding hydrogens is 634 g/mol. The van der Waals surface area contributed by atoms with E-state index >= 15 is 0 Å². The molecule has 2 aromatic carbocycles. The molecule has 2 aromatic rings. The molecule has 1 spiro atoms. The highest BCUT2D eigenvalue weighted by atomic mass is 79.9. The molecule has 6 atom stereocenters. The molecule has 0 radical (unpaired) electrons. The Hall–Kier alpha value is -2.98. The van der Waals surface area contributed by atoms with Gasteiger partial charge in [-0.15, -0.1) is 13.2 Å². The number of anilines is 2. The van der Waals surface area contributed by atoms with E-state index in [2.05, 4.69) is 29.1 Å². The van der Waals surface area contributed by atoms with Crippen LogP contribution in [-0.4, -0.2) is 76.5 Å². The molecule has 3 amide bonds. The molecule has 8 nitrogen and oxygen atoms in total. The molecule has 0 aromatic heterocycles. The topological polar surface area (TPSA) is 90.4 Å². The lowest BCUT2D eigenvalue weighted by Gasteiger charge is -2.37. The van der Waals surface area contributed by atoms with Crippen LogP contribution in [0.15, 0.2) is 79.9 Å². The van der Waals surface area contributed by atoms with Crippen molar-refractivity contribution < 1.29 is 24.2 Å². The van der Waals surface area contributed by atoms with E-state index in [0.717, 1.165) is 0 Å². The van der Waals surface area contributed by atoms with E-state index in [1.807, 2.05) is 30.3 Å². The highest BCUT2D eigenvalue weighted by molar-refractivity contribution is 9.09. The first-order valence-electron chi connectivity index (χ1n) is 14.7. The van der Waals surface area contributed by atoms with Crippen LogP contribution in [0.25, 0.3) is 0 Å². The summed E-state index contributed by atoms with van der Waals surface area (Å²) < 4.78 is 6.72. The first-order chi connectivity index (χ1) is 20.8. The van der Waals surface area contributed by atoms with E-state index in [1.54, 1.807) is 51.1 Å². The monoisotopic (exact) mass is 669 g/mol. The van der Waals surface area contributed by atoms with Crippen LogP contribution < -0.4 is 9.80 Å². The molecule has 228 valence electrons. The Morgan fingerprint density at radius 1 is 1.02 bits per heavy atom. The second-order valence-corrected chi connectivity index (χ2v) is 12.8. The third-order valence-corrected chi connectivity index (χ3v) is 9.90. The van der Waals surface area contributed by atoms with Crippen LogP contribution in [-0.2, 0) is 19.1 Å². The van der Waals surface area contributed by atoms with E-state index < -0.39 is 29.6 Å². The summed E-state index contributed by atoms with van der Waals surface area (Å²) in [7, 11) is 0. The van der Waals surface area contributed by atoms with Crippen molar-refractivity contribution in [2.45, 2.75) is 48.3 Å². The highest BCUT2D eigenvalue weighted by Gasteiger charge is 2.77. The Morgan fingerprint density at radius 3 is 2.37 bits per heavy atom. The number of nitrogens with zero attached hydrogens (tertiary/aromatic N) is 3. The Morgan fingerprint density at radius 2 is 1.70 bits per heavy atom. The fourth-order valence-corrected chi connectivity index (χ4v) is 8.18. The minimum Gasteiger partial charge on any atom is -0.396 e. The Balaban J connectivity index is 1.57. The Bertz CT molecular complexity index is 1380. The van der Waals surface area contributed by atoms with Gasteiger partial charge in [-0.25, -0.2) is 0 Å². The molecule has 3 unspecified atom stereocenters. The van der Waals surface area contributed by atoms with Gasteiger partial charge >= 0.3 is 0 Å². The third-order valence-electron chi connectivity index (χ3n) is 8.73. The number of likely N-dealkylation sites (tertiary alicyclic amines) is 1. The summed E-state index contributed by atoms with van der Waals surface area (Å²) in [5, 5.41) is 9.73. The fourth-order valence-electron chi connectivity index (χ4n) is 7.00. The summed E-state index contributed by atoms with van der Waals surface area (Å²) in [6.07, 6.45) is 4.97. The smallest absolute Gasteiger partial charge is 0.253 e. The minimum atomic E-state index is -1.21. The van der Waals surface area contributed by atoms with Gasteiger partial charge < -0.3 is 24.5 Å². The number of para-hydroxylation sites is 2. The molecule has 43 heavy (non-hydrogen) atoms. The normalized spacial score (nSPS) is 27.2. The minimum absolute atomic E-state index is 0.0493. The Kier molecular flexibility index (Phi) is 9.76. The quantitative estimate of drug-likeness (QED) is 0.184. The third kappa shape index (κ3) is 5.57. The van der Waals surface area contributed by atoms with Crippen molar-refractivity contribution in [2.75, 3.05) is 36.0 Å². The number of benzene rings is 2. The number of alkyl halides is 1. The highest BCUT2D eigenvalue weighted by Crippen LogP contribution is 2.60. The lowest BCUT2D eigenvalue weighted by molar-refractivity contribution is -0.140. The number of amides is 3. The van der Waals surface area contributed by atoms with Crippen molar-refractivity contribution in [3.05, 3.63) is 84.9 Å². The van der Waals surface area contributed by atoms with Gasteiger partial charge in [0.2, 0.25) is 11.8 Å². The molecule has 0 aliphatic carbocycles. The van der Waals surface area contributed by atoms with Gasteiger partial charge in [0.05, 0.1) is 28.6 Å². The van der Waals surface area contributed by atoms with Gasteiger partial charge in [-0.3, -0.25) is 14.4 Å². The number of fused-ring (bicyclic) bond motifs is 1. The number of unbranched alkanes of at least 4 members (excludes halogenated alkanes) is 2. The molecule has 10 heteroatoms. The summed E-state index contributed by atoms with van der Waals surface area (Å²) in [6, 6.07) is 15.4. The van der Waals surface area contributed by atoms with Gasteiger partial charge in [0.25, 0.3) is 5.91 Å². The van der Waals surface area contributed by atoms with Gasteiger partial charge in [-0.2, -0.15) is 0 Å². The number of rotatable bonds is 13. The number of ether oxygens (including phenoxy) is 1. The predicted molar refractivity (Wildman–Crippen MR) is 171 cm³/mol. The van der Waals surface area contributed by atoms with Crippen molar-refractivity contribution in [1.82, 2.24) is 4.90 Å². The second kappa shape index (κ2) is 13.3. The number of aliphatic hydroxyl groups is 1. The molecule has 3 aliphatic rings. The van der Waals surface area contributed by atoms with Crippen molar-refractivity contribution in [2.24, 2.45) is 11.8 Å². The molecule has 2 bridgehead atoms. The number of carbonyl (C=O) groups excluding carboxylic acids is 3. The maximum absolute atomic E-state index is 14.7. The van der Waals surface area contributed by atoms with Crippen LogP contribution in [0.2, 0.25) is 5.02 Å². The lowest BCUT2D eigenvalue weighted by atomic mass is 9.70. The maximum atomic E-state index is 14.7. The van der Waals surface area contributed by atoms with E-state index in [0.29, 0.717) is 48.6 Å². The number of carbonyl (C=O) groups is 3. The molecular formula is C33H37BrClN3O5. The van der Waals surface area contributed by atoms with Crippen LogP contribution in [0.4, 0.5) is 11.4 Å². The summed E-state index contributed by atoms with van der Waals surface area (Å²) in [5.74, 6) is -2.45. The summed E-state index contributed by atoms with van der Waals surface area (Å²) >= 11 is 10.3. The second-order valence-electron chi connectivity index (χ2n) is 11.2. The summed E-state index contributed by atoms with van der Waals surface area (Å²) in [5.41, 5.74) is 0.00479. The van der Waals surface area contributed by atoms with Crippen LogP contribution in [0, 0.1) is 11.8 Å². The number of hydrogen-bond donors (Lipinski definition) is 1. The average Bonchev–Trinajstić information content (AvgIpc) is 3.60. The molecule has 3 heterocycles. The molecule has 3 aliphatic heterocycles. The largest absolute Gasteiger partial charge is 0.396 e. The van der Waals surface area contributed by atoms with Crippen LogP contribution in [0.5, 0.6) is 0 Å². The van der Waals surface area contributed by atoms with E-state index in [-0.39, 0.29) is 42.2 Å². The van der Waals surface area contributed by atoms with E-state index in [9.17, 15) is 19.5 Å². The first-order valence-corrected chi connectivity index (χ1v) is 16.0. The van der Waals surface area contributed by atoms with Gasteiger partial charge in [-0.05, 0) is 49.9 Å².